The van der Waals surface area contributed by atoms with Crippen molar-refractivity contribution >= 4 is 91.3 Å². The molecule has 1 aromatic heterocycles. The number of rotatable bonds is 8. The molecule has 14 heteroatoms. The summed E-state index contributed by atoms with van der Waals surface area (Å²) in [4.78, 5) is 57.1. The maximum absolute atomic E-state index is 14.0. The minimum atomic E-state index is -0.756. The lowest BCUT2D eigenvalue weighted by Gasteiger charge is -2.30. The van der Waals surface area contributed by atoms with E-state index in [2.05, 4.69) is 26.2 Å². The molecule has 2 aliphatic rings. The first-order valence-corrected chi connectivity index (χ1v) is 16.6. The highest BCUT2D eigenvalue weighted by Crippen LogP contribution is 2.53. The minimum absolute atomic E-state index is 0.268. The van der Waals surface area contributed by atoms with Gasteiger partial charge in [0, 0.05) is 21.0 Å². The molecule has 0 saturated carbocycles. The first-order chi connectivity index (χ1) is 21.1. The number of nitrogens with zero attached hydrogens (tertiary/aromatic N) is 1. The average Bonchev–Trinajstić information content (AvgIpc) is 3.49. The van der Waals surface area contributed by atoms with E-state index in [9.17, 15) is 19.2 Å². The number of benzene rings is 3. The van der Waals surface area contributed by atoms with E-state index in [1.54, 1.807) is 54.6 Å². The van der Waals surface area contributed by atoms with Crippen molar-refractivity contribution in [1.82, 2.24) is 4.98 Å². The van der Waals surface area contributed by atoms with Gasteiger partial charge in [-0.1, -0.05) is 68.3 Å². The zero-order valence-corrected chi connectivity index (χ0v) is 27.5. The fourth-order valence-corrected chi connectivity index (χ4v) is 8.32. The Hall–Kier alpha value is -3.29. The van der Waals surface area contributed by atoms with Gasteiger partial charge in [0.25, 0.3) is 5.91 Å². The largest absolute Gasteiger partial charge is 0.490 e. The molecule has 3 aromatic carbocycles. The lowest BCUT2D eigenvalue weighted by molar-refractivity contribution is -0.122. The molecule has 2 N–H and O–H groups in total. The van der Waals surface area contributed by atoms with Crippen LogP contribution in [-0.4, -0.2) is 41.2 Å². The molecule has 226 valence electrons. The van der Waals surface area contributed by atoms with Gasteiger partial charge in [-0.25, -0.2) is 4.90 Å². The van der Waals surface area contributed by atoms with E-state index in [1.807, 2.05) is 6.92 Å². The number of imide groups is 1. The standard InChI is InChI=1S/C30H22BrCl2N3O6S2/c1-2-41-21-11-14(3-10-20(21)42-13-22(37)34-16-6-9-18(32)19(33)12-16)23-24-26(43-27-25(23)44-30(40)35-27)29(39)36(28(24)38)17-7-4-15(31)5-8-17/h3-12,23-24,26H,2,13H2,1H3,(H,34,37)(H,35,40)/t23-,24?,26?/m1/s1. The normalized spacial score (nSPS) is 19.0. The van der Waals surface area contributed by atoms with Gasteiger partial charge in [0.1, 0.15) is 5.25 Å². The number of carbonyl (C=O) groups is 3. The van der Waals surface area contributed by atoms with E-state index < -0.39 is 23.0 Å². The number of hydrogen-bond donors (Lipinski definition) is 2. The molecule has 1 saturated heterocycles. The number of carbonyl (C=O) groups excluding carboxylic acids is 3. The Bertz CT molecular complexity index is 1850. The quantitative estimate of drug-likeness (QED) is 0.193. The highest BCUT2D eigenvalue weighted by molar-refractivity contribution is 9.10. The van der Waals surface area contributed by atoms with E-state index in [4.69, 9.17) is 32.7 Å². The smallest absolute Gasteiger partial charge is 0.305 e. The maximum atomic E-state index is 14.0. The number of hydrogen-bond acceptors (Lipinski definition) is 8. The second-order valence-electron chi connectivity index (χ2n) is 9.84. The fraction of sp³-hybridized carbons (Fsp3) is 0.200. The first kappa shape index (κ1) is 30.7. The second kappa shape index (κ2) is 12.6. The van der Waals surface area contributed by atoms with Crippen molar-refractivity contribution in [2.45, 2.75) is 23.1 Å². The van der Waals surface area contributed by atoms with Gasteiger partial charge in [-0.3, -0.25) is 19.2 Å². The van der Waals surface area contributed by atoms with Crippen LogP contribution in [0, 0.1) is 5.92 Å². The van der Waals surface area contributed by atoms with E-state index in [0.717, 1.165) is 15.8 Å². The van der Waals surface area contributed by atoms with Gasteiger partial charge in [0.2, 0.25) is 11.8 Å². The number of anilines is 2. The zero-order chi connectivity index (χ0) is 31.1. The van der Waals surface area contributed by atoms with Crippen LogP contribution in [0.3, 0.4) is 0 Å². The fourth-order valence-electron chi connectivity index (χ4n) is 5.24. The molecule has 6 rings (SSSR count). The molecule has 3 atom stereocenters. The number of aromatic nitrogens is 1. The Morgan fingerprint density at radius 2 is 1.75 bits per heavy atom. The Morgan fingerprint density at radius 3 is 2.48 bits per heavy atom. The number of nitrogens with one attached hydrogen (secondary N) is 2. The van der Waals surface area contributed by atoms with Crippen molar-refractivity contribution in [2.24, 2.45) is 5.92 Å². The van der Waals surface area contributed by atoms with Crippen LogP contribution in [0.5, 0.6) is 11.5 Å². The highest BCUT2D eigenvalue weighted by atomic mass is 79.9. The molecule has 1 fully saturated rings. The van der Waals surface area contributed by atoms with Gasteiger partial charge in [-0.2, -0.15) is 0 Å². The van der Waals surface area contributed by atoms with Crippen LogP contribution < -0.4 is 24.6 Å². The predicted molar refractivity (Wildman–Crippen MR) is 175 cm³/mol. The van der Waals surface area contributed by atoms with Crippen molar-refractivity contribution < 1.29 is 23.9 Å². The van der Waals surface area contributed by atoms with Gasteiger partial charge in [-0.05, 0) is 67.1 Å². The number of thioether (sulfide) groups is 1. The van der Waals surface area contributed by atoms with Crippen molar-refractivity contribution in [3.63, 3.8) is 0 Å². The maximum Gasteiger partial charge on any atom is 0.305 e. The van der Waals surface area contributed by atoms with Gasteiger partial charge < -0.3 is 19.8 Å². The van der Waals surface area contributed by atoms with Gasteiger partial charge in [0.15, 0.2) is 18.1 Å². The Balaban J connectivity index is 1.30. The Kier molecular flexibility index (Phi) is 8.80. The van der Waals surface area contributed by atoms with Crippen molar-refractivity contribution in [2.75, 3.05) is 23.4 Å². The van der Waals surface area contributed by atoms with Crippen LogP contribution in [0.4, 0.5) is 11.4 Å². The molecule has 0 bridgehead atoms. The summed E-state index contributed by atoms with van der Waals surface area (Å²) in [5.41, 5.74) is 1.62. The molecule has 9 nitrogen and oxygen atoms in total. The van der Waals surface area contributed by atoms with Crippen LogP contribution in [0.2, 0.25) is 10.0 Å². The minimum Gasteiger partial charge on any atom is -0.490 e. The van der Waals surface area contributed by atoms with Crippen LogP contribution in [0.25, 0.3) is 0 Å². The molecule has 2 aliphatic heterocycles. The summed E-state index contributed by atoms with van der Waals surface area (Å²) < 4.78 is 12.5. The van der Waals surface area contributed by atoms with E-state index >= 15 is 0 Å². The molecule has 0 aliphatic carbocycles. The Labute approximate surface area is 278 Å². The number of halogens is 3. The van der Waals surface area contributed by atoms with Gasteiger partial charge in [0.05, 0.1) is 33.3 Å². The summed E-state index contributed by atoms with van der Waals surface area (Å²) in [6.45, 7) is 1.80. The number of H-pyrrole nitrogens is 1. The molecular formula is C30H22BrCl2N3O6S2. The molecule has 3 amide bonds. The average molecular weight is 735 g/mol. The van der Waals surface area contributed by atoms with E-state index in [0.29, 0.717) is 55.0 Å². The molecular weight excluding hydrogens is 713 g/mol. The zero-order valence-electron chi connectivity index (χ0n) is 22.8. The third-order valence-corrected chi connectivity index (χ3v) is 10.8. The summed E-state index contributed by atoms with van der Waals surface area (Å²) in [7, 11) is 0. The van der Waals surface area contributed by atoms with Crippen molar-refractivity contribution in [3.05, 3.63) is 95.3 Å². The summed E-state index contributed by atoms with van der Waals surface area (Å²) in [5.74, 6) is -1.79. The van der Waals surface area contributed by atoms with Crippen LogP contribution in [0.15, 0.2) is 75.0 Å². The SMILES string of the molecule is CCOc1cc([C@H]2c3sc(=O)[nH]c3SC3C(=O)N(c4ccc(Br)cc4)C(=O)C32)ccc1OCC(=O)Nc1ccc(Cl)c(Cl)c1. The Morgan fingerprint density at radius 1 is 0.977 bits per heavy atom. The summed E-state index contributed by atoms with van der Waals surface area (Å²) in [6, 6.07) is 16.9. The number of fused-ring (bicyclic) bond motifs is 2. The summed E-state index contributed by atoms with van der Waals surface area (Å²) in [5, 5.41) is 3.22. The van der Waals surface area contributed by atoms with Crippen LogP contribution in [0.1, 0.15) is 23.3 Å². The number of ether oxygens (including phenoxy) is 2. The second-order valence-corrected chi connectivity index (χ2v) is 13.7. The molecule has 4 aromatic rings. The number of aromatic amines is 1. The predicted octanol–water partition coefficient (Wildman–Crippen LogP) is 6.72. The molecule has 2 unspecified atom stereocenters. The number of amides is 3. The highest BCUT2D eigenvalue weighted by Gasteiger charge is 2.56. The third-order valence-electron chi connectivity index (χ3n) is 7.10. The van der Waals surface area contributed by atoms with Crippen LogP contribution >= 0.6 is 62.2 Å². The van der Waals surface area contributed by atoms with Gasteiger partial charge >= 0.3 is 4.87 Å². The monoisotopic (exact) mass is 733 g/mol. The molecule has 0 radical (unpaired) electrons. The third kappa shape index (κ3) is 5.89. The summed E-state index contributed by atoms with van der Waals surface area (Å²) >= 11 is 17.6. The summed E-state index contributed by atoms with van der Waals surface area (Å²) in [6.07, 6.45) is 0. The lowest BCUT2D eigenvalue weighted by Crippen LogP contribution is -2.32. The van der Waals surface area contributed by atoms with E-state index in [-0.39, 0.29) is 23.3 Å². The topological polar surface area (TPSA) is 118 Å². The van der Waals surface area contributed by atoms with Crippen molar-refractivity contribution in [3.8, 4) is 11.5 Å². The first-order valence-electron chi connectivity index (χ1n) is 13.3. The number of thiazole rings is 1. The molecule has 44 heavy (non-hydrogen) atoms. The van der Waals surface area contributed by atoms with Crippen molar-refractivity contribution in [1.29, 1.82) is 0 Å². The molecule has 3 heterocycles. The van der Waals surface area contributed by atoms with E-state index in [1.165, 1.54) is 22.7 Å². The molecule has 0 spiro atoms. The van der Waals surface area contributed by atoms with Crippen LogP contribution in [-0.2, 0) is 14.4 Å². The lowest BCUT2D eigenvalue weighted by atomic mass is 9.83. The van der Waals surface area contributed by atoms with Gasteiger partial charge in [-0.15, -0.1) is 0 Å².